The fourth-order valence-corrected chi connectivity index (χ4v) is 3.48. The molecule has 7 nitrogen and oxygen atoms in total. The Hall–Kier alpha value is -2.87. The van der Waals surface area contributed by atoms with E-state index in [0.717, 1.165) is 35.6 Å². The van der Waals surface area contributed by atoms with Crippen LogP contribution in [0.25, 0.3) is 5.69 Å². The molecule has 0 spiro atoms. The molecule has 29 heavy (non-hydrogen) atoms. The zero-order chi connectivity index (χ0) is 21.1. The number of aromatic hydroxyl groups is 2. The van der Waals surface area contributed by atoms with Gasteiger partial charge in [-0.1, -0.05) is 11.6 Å². The van der Waals surface area contributed by atoms with Gasteiger partial charge in [-0.25, -0.2) is 18.6 Å². The molecule has 1 aromatic heterocycles. The Kier molecular flexibility index (Phi) is 6.22. The number of nitrogens with zero attached hydrogens (tertiary/aromatic N) is 1. The van der Waals surface area contributed by atoms with Crippen LogP contribution in [0.3, 0.4) is 0 Å². The summed E-state index contributed by atoms with van der Waals surface area (Å²) < 4.78 is 20.7. The topological polar surface area (TPSA) is 90.2 Å². The maximum absolute atomic E-state index is 14.6. The van der Waals surface area contributed by atoms with E-state index in [9.17, 15) is 19.4 Å². The maximum Gasteiger partial charge on any atom is 0.382 e. The molecule has 0 aliphatic heterocycles. The molecule has 0 radical (unpaired) electrons. The van der Waals surface area contributed by atoms with Crippen molar-refractivity contribution in [3.63, 3.8) is 0 Å². The Morgan fingerprint density at radius 3 is 2.45 bits per heavy atom. The number of fused-ring (bicyclic) bond motifs is 1. The van der Waals surface area contributed by atoms with E-state index in [1.807, 2.05) is 0 Å². The predicted octanol–water partition coefficient (Wildman–Crippen LogP) is 4.34. The summed E-state index contributed by atoms with van der Waals surface area (Å²) in [6.07, 6.45) is 3.99. The number of aromatic nitrogens is 1. The highest BCUT2D eigenvalue weighted by molar-refractivity contribution is 6.32. The highest BCUT2D eigenvalue weighted by Crippen LogP contribution is 2.42. The van der Waals surface area contributed by atoms with E-state index in [1.54, 1.807) is 13.8 Å². The van der Waals surface area contributed by atoms with Crippen molar-refractivity contribution in [1.82, 2.24) is 4.57 Å². The number of carbonyl (C=O) groups excluding carboxylic acids is 1. The second-order valence-corrected chi connectivity index (χ2v) is 6.96. The number of benzene rings is 1. The minimum atomic E-state index is -0.847. The Bertz CT molecular complexity index is 939. The first-order valence-electron chi connectivity index (χ1n) is 9.16. The lowest BCUT2D eigenvalue weighted by Crippen LogP contribution is -2.07. The number of ether oxygens (including phenoxy) is 1. The molecule has 0 fully saturated rings. The van der Waals surface area contributed by atoms with Gasteiger partial charge in [-0.2, -0.15) is 0 Å². The SMILES string of the molecule is CCOC(C)=CC(=O)OOc1cc(-n2c(O)c3c(c2O)CCCC3)c(F)cc1Cl. The fourth-order valence-electron chi connectivity index (χ4n) is 3.30. The van der Waals surface area contributed by atoms with Gasteiger partial charge in [0.05, 0.1) is 23.4 Å². The highest BCUT2D eigenvalue weighted by atomic mass is 35.5. The molecule has 0 bridgehead atoms. The fraction of sp³-hybridized carbons (Fsp3) is 0.350. The number of allylic oxidation sites excluding steroid dienone is 1. The predicted molar refractivity (Wildman–Crippen MR) is 103 cm³/mol. The second-order valence-electron chi connectivity index (χ2n) is 6.55. The summed E-state index contributed by atoms with van der Waals surface area (Å²) in [5.41, 5.74) is 0.993. The number of carbonyl (C=O) groups is 1. The van der Waals surface area contributed by atoms with E-state index in [0.29, 0.717) is 36.3 Å². The van der Waals surface area contributed by atoms with Gasteiger partial charge in [0.2, 0.25) is 11.8 Å². The molecule has 2 aromatic rings. The normalized spacial score (nSPS) is 13.7. The van der Waals surface area contributed by atoms with Crippen molar-refractivity contribution in [3.05, 3.63) is 45.9 Å². The van der Waals surface area contributed by atoms with E-state index in [2.05, 4.69) is 4.89 Å². The molecule has 0 atom stereocenters. The minimum Gasteiger partial charge on any atom is -0.498 e. The molecule has 3 rings (SSSR count). The molecule has 0 saturated heterocycles. The van der Waals surface area contributed by atoms with Gasteiger partial charge in [0.1, 0.15) is 11.6 Å². The number of hydrogen-bond donors (Lipinski definition) is 2. The highest BCUT2D eigenvalue weighted by Gasteiger charge is 2.27. The Labute approximate surface area is 171 Å². The van der Waals surface area contributed by atoms with Crippen LogP contribution in [0.2, 0.25) is 5.02 Å². The molecule has 0 unspecified atom stereocenters. The second kappa shape index (κ2) is 8.65. The number of halogens is 2. The van der Waals surface area contributed by atoms with Gasteiger partial charge in [-0.15, -0.1) is 0 Å². The van der Waals surface area contributed by atoms with Gasteiger partial charge >= 0.3 is 5.97 Å². The third kappa shape index (κ3) is 4.27. The van der Waals surface area contributed by atoms with Crippen molar-refractivity contribution < 1.29 is 33.9 Å². The van der Waals surface area contributed by atoms with Gasteiger partial charge in [0.15, 0.2) is 5.75 Å². The third-order valence-electron chi connectivity index (χ3n) is 4.58. The summed E-state index contributed by atoms with van der Waals surface area (Å²) in [5.74, 6) is -1.95. The zero-order valence-corrected chi connectivity index (χ0v) is 16.8. The van der Waals surface area contributed by atoms with E-state index in [4.69, 9.17) is 21.2 Å². The summed E-state index contributed by atoms with van der Waals surface area (Å²) in [6.45, 7) is 3.73. The van der Waals surface area contributed by atoms with E-state index < -0.39 is 11.8 Å². The Morgan fingerprint density at radius 2 is 1.86 bits per heavy atom. The summed E-state index contributed by atoms with van der Waals surface area (Å²) >= 11 is 5.98. The largest absolute Gasteiger partial charge is 0.498 e. The van der Waals surface area contributed by atoms with Gasteiger partial charge in [0, 0.05) is 17.2 Å². The summed E-state index contributed by atoms with van der Waals surface area (Å²) in [7, 11) is 0. The summed E-state index contributed by atoms with van der Waals surface area (Å²) in [6, 6.07) is 2.08. The van der Waals surface area contributed by atoms with Gasteiger partial charge in [-0.05, 0) is 45.6 Å². The van der Waals surface area contributed by atoms with Crippen LogP contribution in [0.15, 0.2) is 24.0 Å². The van der Waals surface area contributed by atoms with Gasteiger partial charge in [0.25, 0.3) is 0 Å². The minimum absolute atomic E-state index is 0.152. The molecular weight excluding hydrogens is 405 g/mol. The van der Waals surface area contributed by atoms with Crippen LogP contribution in [-0.2, 0) is 27.3 Å². The molecule has 9 heteroatoms. The lowest BCUT2D eigenvalue weighted by atomic mass is 9.95. The van der Waals surface area contributed by atoms with E-state index in [1.165, 1.54) is 0 Å². The van der Waals surface area contributed by atoms with Crippen LogP contribution in [0, 0.1) is 5.82 Å². The molecule has 1 aliphatic carbocycles. The molecule has 156 valence electrons. The van der Waals surface area contributed by atoms with Crippen LogP contribution in [-0.4, -0.2) is 27.4 Å². The van der Waals surface area contributed by atoms with Crippen molar-refractivity contribution in [1.29, 1.82) is 0 Å². The smallest absolute Gasteiger partial charge is 0.382 e. The van der Waals surface area contributed by atoms with Gasteiger partial charge < -0.3 is 14.9 Å². The summed E-state index contributed by atoms with van der Waals surface area (Å²) in [4.78, 5) is 21.4. The van der Waals surface area contributed by atoms with Crippen LogP contribution < -0.4 is 4.89 Å². The first-order chi connectivity index (χ1) is 13.8. The van der Waals surface area contributed by atoms with Crippen molar-refractivity contribution in [2.24, 2.45) is 0 Å². The van der Waals surface area contributed by atoms with Crippen molar-refractivity contribution in [2.75, 3.05) is 6.61 Å². The Balaban J connectivity index is 1.90. The molecule has 1 heterocycles. The first-order valence-corrected chi connectivity index (χ1v) is 9.54. The zero-order valence-electron chi connectivity index (χ0n) is 16.0. The van der Waals surface area contributed by atoms with Crippen molar-refractivity contribution in [2.45, 2.75) is 39.5 Å². The summed E-state index contributed by atoms with van der Waals surface area (Å²) in [5, 5.41) is 20.9. The Morgan fingerprint density at radius 1 is 1.24 bits per heavy atom. The quantitative estimate of drug-likeness (QED) is 0.310. The molecule has 1 aliphatic rings. The maximum atomic E-state index is 14.6. The van der Waals surface area contributed by atoms with E-state index in [-0.39, 0.29) is 28.2 Å². The molecule has 0 amide bonds. The van der Waals surface area contributed by atoms with Crippen LogP contribution in [0.4, 0.5) is 4.39 Å². The molecule has 0 saturated carbocycles. The monoisotopic (exact) mass is 425 g/mol. The van der Waals surface area contributed by atoms with Crippen LogP contribution in [0.5, 0.6) is 17.5 Å². The van der Waals surface area contributed by atoms with Crippen molar-refractivity contribution in [3.8, 4) is 23.2 Å². The lowest BCUT2D eigenvalue weighted by Gasteiger charge is -2.12. The van der Waals surface area contributed by atoms with Crippen molar-refractivity contribution >= 4 is 17.6 Å². The molecule has 2 N–H and O–H groups in total. The number of hydrogen-bond acceptors (Lipinski definition) is 6. The third-order valence-corrected chi connectivity index (χ3v) is 4.88. The first kappa shape index (κ1) is 20.9. The van der Waals surface area contributed by atoms with Gasteiger partial charge in [-0.3, -0.25) is 4.89 Å². The lowest BCUT2D eigenvalue weighted by molar-refractivity contribution is -0.207. The standard InChI is InChI=1S/C20H21ClFNO6/c1-3-27-11(2)8-18(24)29-28-17-10-16(15(22)9-14(17)21)23-19(25)12-6-4-5-7-13(12)20(23)26/h8-10,25-26H,3-7H2,1-2H3. The van der Waals surface area contributed by atoms with E-state index >= 15 is 0 Å². The molecular formula is C20H21ClFNO6. The average molecular weight is 426 g/mol. The van der Waals surface area contributed by atoms with Crippen LogP contribution in [0.1, 0.15) is 37.8 Å². The average Bonchev–Trinajstić information content (AvgIpc) is 2.92. The van der Waals surface area contributed by atoms with Crippen LogP contribution >= 0.6 is 11.6 Å². The molecule has 1 aromatic carbocycles. The number of rotatable bonds is 6.